The molecule has 1 unspecified atom stereocenters. The summed E-state index contributed by atoms with van der Waals surface area (Å²) in [5.41, 5.74) is 0.794. The van der Waals surface area contributed by atoms with E-state index in [4.69, 9.17) is 0 Å². The maximum Gasteiger partial charge on any atom is 0.268 e. The first-order valence-electron chi connectivity index (χ1n) is 9.24. The highest BCUT2D eigenvalue weighted by molar-refractivity contribution is 7.10. The van der Waals surface area contributed by atoms with Crippen molar-refractivity contribution in [2.75, 3.05) is 18.0 Å². The minimum absolute atomic E-state index is 0.0297. The molecule has 7 heteroatoms. The predicted molar refractivity (Wildman–Crippen MR) is 105 cm³/mol. The predicted octanol–water partition coefficient (Wildman–Crippen LogP) is 2.81. The number of carbonyl (C=O) groups excluding carboxylic acids is 1. The molecule has 1 amide bonds. The standard InChI is InChI=1S/C19H26N4O2S/c1-3-8-23-18(24)12-16(13-20-23)22-9-6-15(7-10-22)19(25)21-14(2)17-5-4-11-26-17/h4-5,11-15H,3,6-10H2,1-2H3,(H,21,25). The molecule has 26 heavy (non-hydrogen) atoms. The molecular weight excluding hydrogens is 348 g/mol. The van der Waals surface area contributed by atoms with E-state index in [1.165, 1.54) is 9.56 Å². The monoisotopic (exact) mass is 374 g/mol. The van der Waals surface area contributed by atoms with Crippen LogP contribution >= 0.6 is 11.3 Å². The van der Waals surface area contributed by atoms with E-state index < -0.39 is 0 Å². The zero-order valence-electron chi connectivity index (χ0n) is 15.4. The van der Waals surface area contributed by atoms with E-state index in [9.17, 15) is 9.59 Å². The Morgan fingerprint density at radius 3 is 2.81 bits per heavy atom. The fraction of sp³-hybridized carbons (Fsp3) is 0.526. The number of hydrogen-bond donors (Lipinski definition) is 1. The topological polar surface area (TPSA) is 67.2 Å². The van der Waals surface area contributed by atoms with E-state index in [0.29, 0.717) is 6.54 Å². The van der Waals surface area contributed by atoms with Crippen molar-refractivity contribution in [3.05, 3.63) is 45.0 Å². The Kier molecular flexibility index (Phi) is 6.08. The Morgan fingerprint density at radius 2 is 2.19 bits per heavy atom. The van der Waals surface area contributed by atoms with Gasteiger partial charge in [0.25, 0.3) is 5.56 Å². The lowest BCUT2D eigenvalue weighted by molar-refractivity contribution is -0.126. The number of aromatic nitrogens is 2. The van der Waals surface area contributed by atoms with Crippen LogP contribution in [0.3, 0.4) is 0 Å². The van der Waals surface area contributed by atoms with Gasteiger partial charge in [-0.05, 0) is 37.6 Å². The van der Waals surface area contributed by atoms with Gasteiger partial charge in [0.2, 0.25) is 5.91 Å². The summed E-state index contributed by atoms with van der Waals surface area (Å²) in [6.45, 7) is 6.23. The van der Waals surface area contributed by atoms with Crippen LogP contribution in [0.25, 0.3) is 0 Å². The molecule has 1 aliphatic heterocycles. The van der Waals surface area contributed by atoms with Crippen LogP contribution in [0.2, 0.25) is 0 Å². The average molecular weight is 375 g/mol. The SMILES string of the molecule is CCCn1ncc(N2CCC(C(=O)NC(C)c3cccs3)CC2)cc1=O. The van der Waals surface area contributed by atoms with E-state index in [1.807, 2.05) is 31.4 Å². The first-order valence-corrected chi connectivity index (χ1v) is 10.1. The van der Waals surface area contributed by atoms with Crippen LogP contribution in [0.15, 0.2) is 34.6 Å². The van der Waals surface area contributed by atoms with E-state index in [1.54, 1.807) is 23.6 Å². The molecule has 1 fully saturated rings. The van der Waals surface area contributed by atoms with Crippen LogP contribution in [0.1, 0.15) is 44.0 Å². The molecule has 1 atom stereocenters. The van der Waals surface area contributed by atoms with Crippen molar-refractivity contribution in [2.24, 2.45) is 5.92 Å². The van der Waals surface area contributed by atoms with Gasteiger partial charge in [0, 0.05) is 36.5 Å². The molecule has 3 rings (SSSR count). The molecular formula is C19H26N4O2S. The molecule has 0 aromatic carbocycles. The minimum atomic E-state index is -0.0611. The summed E-state index contributed by atoms with van der Waals surface area (Å²) in [5.74, 6) is 0.157. The highest BCUT2D eigenvalue weighted by Gasteiger charge is 2.26. The van der Waals surface area contributed by atoms with Crippen molar-refractivity contribution >= 4 is 22.9 Å². The quantitative estimate of drug-likeness (QED) is 0.844. The van der Waals surface area contributed by atoms with Crippen LogP contribution in [-0.4, -0.2) is 28.8 Å². The Bertz CT molecular complexity index is 779. The van der Waals surface area contributed by atoms with Crippen molar-refractivity contribution in [3.8, 4) is 0 Å². The largest absolute Gasteiger partial charge is 0.370 e. The summed E-state index contributed by atoms with van der Waals surface area (Å²) < 4.78 is 1.50. The molecule has 0 aliphatic carbocycles. The number of nitrogens with one attached hydrogen (secondary N) is 1. The van der Waals surface area contributed by atoms with E-state index in [0.717, 1.165) is 38.0 Å². The van der Waals surface area contributed by atoms with Crippen LogP contribution in [0.5, 0.6) is 0 Å². The highest BCUT2D eigenvalue weighted by atomic mass is 32.1. The number of piperidine rings is 1. The normalized spacial score (nSPS) is 16.5. The summed E-state index contributed by atoms with van der Waals surface area (Å²) >= 11 is 1.66. The number of thiophene rings is 1. The molecule has 0 bridgehead atoms. The van der Waals surface area contributed by atoms with Crippen LogP contribution in [-0.2, 0) is 11.3 Å². The number of anilines is 1. The van der Waals surface area contributed by atoms with Gasteiger partial charge >= 0.3 is 0 Å². The lowest BCUT2D eigenvalue weighted by Crippen LogP contribution is -2.41. The Labute approximate surface area is 157 Å². The summed E-state index contributed by atoms with van der Waals surface area (Å²) in [6.07, 6.45) is 4.23. The number of rotatable bonds is 6. The Hall–Kier alpha value is -2.15. The lowest BCUT2D eigenvalue weighted by Gasteiger charge is -2.33. The van der Waals surface area contributed by atoms with Crippen molar-refractivity contribution in [3.63, 3.8) is 0 Å². The van der Waals surface area contributed by atoms with Crippen LogP contribution < -0.4 is 15.8 Å². The maximum atomic E-state index is 12.5. The fourth-order valence-electron chi connectivity index (χ4n) is 3.32. The van der Waals surface area contributed by atoms with Gasteiger partial charge in [0.1, 0.15) is 0 Å². The molecule has 0 radical (unpaired) electrons. The van der Waals surface area contributed by atoms with Gasteiger partial charge in [-0.2, -0.15) is 5.10 Å². The molecule has 6 nitrogen and oxygen atoms in total. The fourth-order valence-corrected chi connectivity index (χ4v) is 4.05. The summed E-state index contributed by atoms with van der Waals surface area (Å²) in [5, 5.41) is 9.40. The number of aryl methyl sites for hydroxylation is 1. The second-order valence-electron chi connectivity index (χ2n) is 6.78. The zero-order valence-corrected chi connectivity index (χ0v) is 16.2. The maximum absolute atomic E-state index is 12.5. The van der Waals surface area contributed by atoms with Crippen molar-refractivity contribution in [1.29, 1.82) is 0 Å². The van der Waals surface area contributed by atoms with Crippen molar-refractivity contribution in [1.82, 2.24) is 15.1 Å². The van der Waals surface area contributed by atoms with E-state index >= 15 is 0 Å². The molecule has 1 N–H and O–H groups in total. The van der Waals surface area contributed by atoms with Gasteiger partial charge < -0.3 is 10.2 Å². The third-order valence-electron chi connectivity index (χ3n) is 4.85. The van der Waals surface area contributed by atoms with Crippen LogP contribution in [0, 0.1) is 5.92 Å². The second kappa shape index (κ2) is 8.49. The molecule has 0 saturated carbocycles. The third kappa shape index (κ3) is 4.33. The molecule has 2 aromatic heterocycles. The second-order valence-corrected chi connectivity index (χ2v) is 7.76. The molecule has 0 spiro atoms. The number of carbonyl (C=O) groups is 1. The van der Waals surface area contributed by atoms with Gasteiger partial charge in [0.15, 0.2) is 0 Å². The first-order chi connectivity index (χ1) is 12.6. The van der Waals surface area contributed by atoms with Gasteiger partial charge in [0.05, 0.1) is 17.9 Å². The summed E-state index contributed by atoms with van der Waals surface area (Å²) in [6, 6.07) is 5.76. The number of hydrogen-bond acceptors (Lipinski definition) is 5. The van der Waals surface area contributed by atoms with Gasteiger partial charge in [-0.1, -0.05) is 13.0 Å². The number of amides is 1. The van der Waals surface area contributed by atoms with Gasteiger partial charge in [-0.25, -0.2) is 4.68 Å². The minimum Gasteiger partial charge on any atom is -0.370 e. The smallest absolute Gasteiger partial charge is 0.268 e. The lowest BCUT2D eigenvalue weighted by atomic mass is 9.95. The van der Waals surface area contributed by atoms with Crippen molar-refractivity contribution < 1.29 is 4.79 Å². The average Bonchev–Trinajstić information content (AvgIpc) is 3.18. The molecule has 1 saturated heterocycles. The van der Waals surface area contributed by atoms with Crippen LogP contribution in [0.4, 0.5) is 5.69 Å². The van der Waals surface area contributed by atoms with Crippen molar-refractivity contribution in [2.45, 2.75) is 45.7 Å². The van der Waals surface area contributed by atoms with E-state index in [-0.39, 0.29) is 23.4 Å². The molecule has 140 valence electrons. The van der Waals surface area contributed by atoms with Gasteiger partial charge in [-0.15, -0.1) is 11.3 Å². The summed E-state index contributed by atoms with van der Waals surface area (Å²) in [4.78, 5) is 27.9. The molecule has 3 heterocycles. The van der Waals surface area contributed by atoms with Gasteiger partial charge in [-0.3, -0.25) is 9.59 Å². The molecule has 2 aromatic rings. The zero-order chi connectivity index (χ0) is 18.5. The highest BCUT2D eigenvalue weighted by Crippen LogP contribution is 2.24. The number of nitrogens with zero attached hydrogens (tertiary/aromatic N) is 3. The Balaban J connectivity index is 1.54. The molecule has 1 aliphatic rings. The van der Waals surface area contributed by atoms with E-state index in [2.05, 4.69) is 15.3 Å². The third-order valence-corrected chi connectivity index (χ3v) is 5.91. The first kappa shape index (κ1) is 18.6. The summed E-state index contributed by atoms with van der Waals surface area (Å²) in [7, 11) is 0. The Morgan fingerprint density at radius 1 is 1.42 bits per heavy atom.